The third kappa shape index (κ3) is 4.89. The van der Waals surface area contributed by atoms with Crippen molar-refractivity contribution in [3.8, 4) is 0 Å². The standard InChI is InChI=1S/C17H20FNO4/c1-12(13-3-2-4-14(18)10-13)9-16(20)19(11-17(21)22)15-5-7-23-8-6-15/h2-4,9-10,15H,5-8,11H2,1H3,(H,21,22). The lowest BCUT2D eigenvalue weighted by atomic mass is 10.0. The second kappa shape index (κ2) is 7.87. The molecule has 0 aromatic heterocycles. The second-order valence-electron chi connectivity index (χ2n) is 5.54. The Labute approximate surface area is 134 Å². The van der Waals surface area contributed by atoms with E-state index in [2.05, 4.69) is 0 Å². The molecule has 2 rings (SSSR count). The van der Waals surface area contributed by atoms with E-state index in [0.717, 1.165) is 0 Å². The quantitative estimate of drug-likeness (QED) is 0.845. The molecule has 6 heteroatoms. The minimum atomic E-state index is -1.05. The van der Waals surface area contributed by atoms with Gasteiger partial charge in [0.1, 0.15) is 12.4 Å². The number of hydrogen-bond donors (Lipinski definition) is 1. The maximum absolute atomic E-state index is 13.3. The van der Waals surface area contributed by atoms with E-state index in [9.17, 15) is 14.0 Å². The van der Waals surface area contributed by atoms with Gasteiger partial charge in [-0.1, -0.05) is 12.1 Å². The summed E-state index contributed by atoms with van der Waals surface area (Å²) in [7, 11) is 0. The molecule has 1 heterocycles. The third-order valence-corrected chi connectivity index (χ3v) is 3.84. The molecule has 1 aromatic carbocycles. The Balaban J connectivity index is 2.18. The molecule has 1 fully saturated rings. The fourth-order valence-electron chi connectivity index (χ4n) is 2.61. The van der Waals surface area contributed by atoms with E-state index in [1.807, 2.05) is 0 Å². The van der Waals surface area contributed by atoms with E-state index in [4.69, 9.17) is 9.84 Å². The number of aliphatic carboxylic acids is 1. The molecule has 23 heavy (non-hydrogen) atoms. The molecule has 0 aliphatic carbocycles. The van der Waals surface area contributed by atoms with Crippen LogP contribution in [0.1, 0.15) is 25.3 Å². The van der Waals surface area contributed by atoms with Crippen LogP contribution in [0.5, 0.6) is 0 Å². The number of carbonyl (C=O) groups excluding carboxylic acids is 1. The van der Waals surface area contributed by atoms with E-state index in [1.54, 1.807) is 19.1 Å². The Morgan fingerprint density at radius 2 is 2.09 bits per heavy atom. The lowest BCUT2D eigenvalue weighted by Crippen LogP contribution is -2.45. The maximum Gasteiger partial charge on any atom is 0.323 e. The molecule has 1 aromatic rings. The number of nitrogens with zero attached hydrogens (tertiary/aromatic N) is 1. The van der Waals surface area contributed by atoms with Gasteiger partial charge in [-0.2, -0.15) is 0 Å². The van der Waals surface area contributed by atoms with Gasteiger partial charge < -0.3 is 14.7 Å². The van der Waals surface area contributed by atoms with Crippen molar-refractivity contribution >= 4 is 17.4 Å². The summed E-state index contributed by atoms with van der Waals surface area (Å²) < 4.78 is 18.5. The SMILES string of the molecule is CC(=CC(=O)N(CC(=O)O)C1CCOCC1)c1cccc(F)c1. The van der Waals surface area contributed by atoms with Gasteiger partial charge in [0.15, 0.2) is 0 Å². The van der Waals surface area contributed by atoms with Gasteiger partial charge in [-0.25, -0.2) is 4.39 Å². The summed E-state index contributed by atoms with van der Waals surface area (Å²) in [6, 6.07) is 5.80. The summed E-state index contributed by atoms with van der Waals surface area (Å²) in [4.78, 5) is 24.9. The Bertz CT molecular complexity index is 608. The summed E-state index contributed by atoms with van der Waals surface area (Å²) >= 11 is 0. The first-order valence-electron chi connectivity index (χ1n) is 7.51. The zero-order valence-electron chi connectivity index (χ0n) is 13.0. The molecule has 0 radical (unpaired) electrons. The van der Waals surface area contributed by atoms with E-state index in [-0.39, 0.29) is 24.3 Å². The van der Waals surface area contributed by atoms with Crippen molar-refractivity contribution in [3.63, 3.8) is 0 Å². The fraction of sp³-hybridized carbons (Fsp3) is 0.412. The van der Waals surface area contributed by atoms with Gasteiger partial charge in [0.05, 0.1) is 0 Å². The minimum Gasteiger partial charge on any atom is -0.480 e. The number of halogens is 1. The highest BCUT2D eigenvalue weighted by Gasteiger charge is 2.26. The number of amides is 1. The zero-order chi connectivity index (χ0) is 16.8. The Kier molecular flexibility index (Phi) is 5.87. The van der Waals surface area contributed by atoms with Crippen LogP contribution in [0.4, 0.5) is 4.39 Å². The Hall–Kier alpha value is -2.21. The van der Waals surface area contributed by atoms with Gasteiger partial charge in [0, 0.05) is 25.3 Å². The number of rotatable bonds is 5. The smallest absolute Gasteiger partial charge is 0.323 e. The summed E-state index contributed by atoms with van der Waals surface area (Å²) in [5, 5.41) is 9.06. The fourth-order valence-corrected chi connectivity index (χ4v) is 2.61. The van der Waals surface area contributed by atoms with E-state index in [1.165, 1.54) is 23.1 Å². The molecule has 5 nitrogen and oxygen atoms in total. The number of carbonyl (C=O) groups is 2. The largest absolute Gasteiger partial charge is 0.480 e. The molecule has 0 atom stereocenters. The molecule has 1 amide bonds. The zero-order valence-corrected chi connectivity index (χ0v) is 13.0. The molecule has 0 spiro atoms. The maximum atomic E-state index is 13.3. The molecular weight excluding hydrogens is 301 g/mol. The minimum absolute atomic E-state index is 0.149. The van der Waals surface area contributed by atoms with Crippen LogP contribution in [0.25, 0.3) is 5.57 Å². The van der Waals surface area contributed by atoms with Crippen LogP contribution in [0.2, 0.25) is 0 Å². The van der Waals surface area contributed by atoms with E-state index >= 15 is 0 Å². The highest BCUT2D eigenvalue weighted by atomic mass is 19.1. The second-order valence-corrected chi connectivity index (χ2v) is 5.54. The van der Waals surface area contributed by atoms with Crippen molar-refractivity contribution in [1.82, 2.24) is 4.90 Å². The van der Waals surface area contributed by atoms with Crippen LogP contribution in [0, 0.1) is 5.82 Å². The number of hydrogen-bond acceptors (Lipinski definition) is 3. The lowest BCUT2D eigenvalue weighted by molar-refractivity contribution is -0.145. The molecule has 124 valence electrons. The van der Waals surface area contributed by atoms with Crippen molar-refractivity contribution in [3.05, 3.63) is 41.7 Å². The van der Waals surface area contributed by atoms with Crippen molar-refractivity contribution < 1.29 is 23.8 Å². The third-order valence-electron chi connectivity index (χ3n) is 3.84. The molecule has 0 saturated carbocycles. The normalized spacial score (nSPS) is 16.2. The number of carboxylic acid groups (broad SMARTS) is 1. The van der Waals surface area contributed by atoms with Crippen LogP contribution in [0.3, 0.4) is 0 Å². The summed E-state index contributed by atoms with van der Waals surface area (Å²) in [6.07, 6.45) is 2.60. The van der Waals surface area contributed by atoms with Gasteiger partial charge in [-0.3, -0.25) is 9.59 Å². The highest BCUT2D eigenvalue weighted by Crippen LogP contribution is 2.18. The molecule has 1 aliphatic rings. The van der Waals surface area contributed by atoms with Gasteiger partial charge in [-0.05, 0) is 43.0 Å². The van der Waals surface area contributed by atoms with Crippen LogP contribution in [-0.4, -0.2) is 47.7 Å². The van der Waals surface area contributed by atoms with Crippen LogP contribution in [-0.2, 0) is 14.3 Å². The molecule has 1 N–H and O–H groups in total. The molecule has 1 saturated heterocycles. The van der Waals surface area contributed by atoms with Crippen molar-refractivity contribution in [2.45, 2.75) is 25.8 Å². The number of carboxylic acids is 1. The van der Waals surface area contributed by atoms with E-state index < -0.39 is 5.97 Å². The van der Waals surface area contributed by atoms with Crippen LogP contribution >= 0.6 is 0 Å². The van der Waals surface area contributed by atoms with E-state index in [0.29, 0.717) is 37.2 Å². The average molecular weight is 321 g/mol. The predicted molar refractivity (Wildman–Crippen MR) is 83.2 cm³/mol. The predicted octanol–water partition coefficient (Wildman–Crippen LogP) is 2.32. The van der Waals surface area contributed by atoms with Crippen molar-refractivity contribution in [1.29, 1.82) is 0 Å². The topological polar surface area (TPSA) is 66.8 Å². The Morgan fingerprint density at radius 1 is 1.39 bits per heavy atom. The Morgan fingerprint density at radius 3 is 2.70 bits per heavy atom. The molecule has 1 aliphatic heterocycles. The summed E-state index contributed by atoms with van der Waals surface area (Å²) in [5.74, 6) is -1.81. The van der Waals surface area contributed by atoms with Gasteiger partial charge in [0.25, 0.3) is 0 Å². The monoisotopic (exact) mass is 321 g/mol. The van der Waals surface area contributed by atoms with Crippen LogP contribution < -0.4 is 0 Å². The average Bonchev–Trinajstić information content (AvgIpc) is 2.53. The molecular formula is C17H20FNO4. The van der Waals surface area contributed by atoms with Crippen molar-refractivity contribution in [2.75, 3.05) is 19.8 Å². The first-order valence-corrected chi connectivity index (χ1v) is 7.51. The summed E-state index contributed by atoms with van der Waals surface area (Å²) in [6.45, 7) is 2.38. The number of allylic oxidation sites excluding steroid dienone is 1. The number of ether oxygens (including phenoxy) is 1. The first-order chi connectivity index (χ1) is 11.0. The number of benzene rings is 1. The first kappa shape index (κ1) is 17.1. The molecule has 0 bridgehead atoms. The van der Waals surface area contributed by atoms with Gasteiger partial charge in [0.2, 0.25) is 5.91 Å². The van der Waals surface area contributed by atoms with Crippen LogP contribution in [0.15, 0.2) is 30.3 Å². The van der Waals surface area contributed by atoms with Gasteiger partial charge >= 0.3 is 5.97 Å². The highest BCUT2D eigenvalue weighted by molar-refractivity contribution is 5.96. The lowest BCUT2D eigenvalue weighted by Gasteiger charge is -2.32. The summed E-state index contributed by atoms with van der Waals surface area (Å²) in [5.41, 5.74) is 1.19. The van der Waals surface area contributed by atoms with Gasteiger partial charge in [-0.15, -0.1) is 0 Å². The molecule has 0 unspecified atom stereocenters. The van der Waals surface area contributed by atoms with Crippen molar-refractivity contribution in [2.24, 2.45) is 0 Å².